The first kappa shape index (κ1) is 14.9. The zero-order chi connectivity index (χ0) is 15.2. The van der Waals surface area contributed by atoms with E-state index in [1.807, 2.05) is 0 Å². The van der Waals surface area contributed by atoms with Gasteiger partial charge in [0.25, 0.3) is 10.0 Å². The molecule has 6 nitrogen and oxygen atoms in total. The molecule has 0 bridgehead atoms. The van der Waals surface area contributed by atoms with Crippen LogP contribution in [0, 0.1) is 0 Å². The van der Waals surface area contributed by atoms with Crippen molar-refractivity contribution >= 4 is 59.7 Å². The minimum absolute atomic E-state index is 0.0381. The van der Waals surface area contributed by atoms with Crippen molar-refractivity contribution in [2.75, 3.05) is 4.72 Å². The second-order valence-electron chi connectivity index (χ2n) is 4.40. The van der Waals surface area contributed by atoms with Crippen LogP contribution in [0.4, 0.5) is 5.13 Å². The lowest BCUT2D eigenvalue weighted by Gasteiger charge is -2.03. The predicted octanol–water partition coefficient (Wildman–Crippen LogP) is 2.95. The maximum Gasteiger partial charge on any atom is 0.345 e. The lowest BCUT2D eigenvalue weighted by molar-refractivity contribution is 0.0702. The van der Waals surface area contributed by atoms with Crippen LogP contribution >= 0.6 is 38.6 Å². The normalized spacial score (nSPS) is 14.1. The maximum atomic E-state index is 12.3. The van der Waals surface area contributed by atoms with Gasteiger partial charge in [0, 0.05) is 4.88 Å². The Labute approximate surface area is 137 Å². The molecule has 2 heterocycles. The average molecular weight is 409 g/mol. The molecule has 0 spiro atoms. The number of aromatic carboxylic acids is 1. The molecule has 0 radical (unpaired) electrons. The molecule has 0 fully saturated rings. The van der Waals surface area contributed by atoms with Crippen LogP contribution in [0.15, 0.2) is 14.7 Å². The van der Waals surface area contributed by atoms with Crippen LogP contribution in [-0.2, 0) is 22.9 Å². The van der Waals surface area contributed by atoms with Gasteiger partial charge in [0.1, 0.15) is 9.77 Å². The highest BCUT2D eigenvalue weighted by Crippen LogP contribution is 2.35. The molecule has 0 unspecified atom stereocenters. The maximum absolute atomic E-state index is 12.3. The third kappa shape index (κ3) is 2.85. The lowest BCUT2D eigenvalue weighted by Crippen LogP contribution is -2.12. The monoisotopic (exact) mass is 408 g/mol. The molecule has 3 rings (SSSR count). The van der Waals surface area contributed by atoms with E-state index in [9.17, 15) is 13.2 Å². The van der Waals surface area contributed by atoms with E-state index < -0.39 is 16.0 Å². The fourth-order valence-electron chi connectivity index (χ4n) is 2.04. The highest BCUT2D eigenvalue weighted by Gasteiger charge is 2.25. The lowest BCUT2D eigenvalue weighted by atomic mass is 10.4. The number of hydrogen-bond donors (Lipinski definition) is 2. The third-order valence-corrected chi connectivity index (χ3v) is 7.75. The van der Waals surface area contributed by atoms with Crippen LogP contribution in [0.1, 0.15) is 26.7 Å². The first-order chi connectivity index (χ1) is 9.87. The summed E-state index contributed by atoms with van der Waals surface area (Å²) >= 11 is 5.30. The Balaban J connectivity index is 1.91. The molecule has 0 saturated carbocycles. The van der Waals surface area contributed by atoms with Gasteiger partial charge in [-0.05, 0) is 41.3 Å². The summed E-state index contributed by atoms with van der Waals surface area (Å²) in [7, 11) is -3.85. The number of carbonyl (C=O) groups is 1. The number of nitrogens with one attached hydrogen (secondary N) is 1. The Kier molecular flexibility index (Phi) is 3.80. The fourth-order valence-corrected chi connectivity index (χ4v) is 6.73. The zero-order valence-electron chi connectivity index (χ0n) is 10.4. The molecule has 1 aliphatic rings. The molecule has 0 amide bonds. The van der Waals surface area contributed by atoms with Gasteiger partial charge in [0.2, 0.25) is 0 Å². The van der Waals surface area contributed by atoms with Crippen molar-refractivity contribution in [2.45, 2.75) is 24.2 Å². The number of aryl methyl sites for hydroxylation is 2. The SMILES string of the molecule is O=C(O)c1cc(S(=O)(=O)Nc2nc3c(s2)CCC3)c(Br)s1. The van der Waals surface area contributed by atoms with Gasteiger partial charge in [0.15, 0.2) is 5.13 Å². The summed E-state index contributed by atoms with van der Waals surface area (Å²) < 4.78 is 27.3. The Bertz CT molecular complexity index is 803. The van der Waals surface area contributed by atoms with Gasteiger partial charge in [-0.3, -0.25) is 4.72 Å². The van der Waals surface area contributed by atoms with Crippen LogP contribution in [0.3, 0.4) is 0 Å². The number of carboxylic acid groups (broad SMARTS) is 1. The number of nitrogens with zero attached hydrogens (tertiary/aromatic N) is 1. The standard InChI is InChI=1S/C11H9BrN2O4S3/c12-9-8(4-7(19-9)10(15)16)21(17,18)14-11-13-5-2-1-3-6(5)20-11/h4H,1-3H2,(H,13,14)(H,15,16). The van der Waals surface area contributed by atoms with Crippen molar-refractivity contribution < 1.29 is 18.3 Å². The summed E-state index contributed by atoms with van der Waals surface area (Å²) in [6, 6.07) is 1.14. The molecule has 10 heteroatoms. The highest BCUT2D eigenvalue weighted by molar-refractivity contribution is 9.11. The first-order valence-electron chi connectivity index (χ1n) is 5.91. The quantitative estimate of drug-likeness (QED) is 0.810. The number of halogens is 1. The molecule has 0 aliphatic heterocycles. The summed E-state index contributed by atoms with van der Waals surface area (Å²) in [4.78, 5) is 16.2. The molecule has 2 N–H and O–H groups in total. The number of carboxylic acids is 1. The number of rotatable bonds is 4. The molecule has 1 aliphatic carbocycles. The minimum atomic E-state index is -3.85. The van der Waals surface area contributed by atoms with Gasteiger partial charge >= 0.3 is 5.97 Å². The Hall–Kier alpha value is -0.970. The van der Waals surface area contributed by atoms with Crippen molar-refractivity contribution in [3.8, 4) is 0 Å². The number of sulfonamides is 1. The molecule has 112 valence electrons. The summed E-state index contributed by atoms with van der Waals surface area (Å²) in [6.45, 7) is 0. The van der Waals surface area contributed by atoms with Gasteiger partial charge in [-0.15, -0.1) is 22.7 Å². The largest absolute Gasteiger partial charge is 0.477 e. The third-order valence-electron chi connectivity index (χ3n) is 2.97. The van der Waals surface area contributed by atoms with Crippen LogP contribution in [0.2, 0.25) is 0 Å². The first-order valence-corrected chi connectivity index (χ1v) is 9.82. The van der Waals surface area contributed by atoms with E-state index in [4.69, 9.17) is 5.11 Å². The second-order valence-corrected chi connectivity index (χ2v) is 9.51. The summed E-state index contributed by atoms with van der Waals surface area (Å²) in [5, 5.41) is 9.25. The molecule has 2 aromatic heterocycles. The summed E-state index contributed by atoms with van der Waals surface area (Å²) in [6.07, 6.45) is 2.86. The highest BCUT2D eigenvalue weighted by atomic mass is 79.9. The molecular weight excluding hydrogens is 400 g/mol. The number of thiophene rings is 1. The smallest absolute Gasteiger partial charge is 0.345 e. The van der Waals surface area contributed by atoms with Gasteiger partial charge in [-0.2, -0.15) is 0 Å². The van der Waals surface area contributed by atoms with E-state index in [0.717, 1.165) is 47.2 Å². The van der Waals surface area contributed by atoms with E-state index in [0.29, 0.717) is 5.13 Å². The van der Waals surface area contributed by atoms with E-state index >= 15 is 0 Å². The average Bonchev–Trinajstić information content (AvgIpc) is 3.02. The van der Waals surface area contributed by atoms with Crippen molar-refractivity contribution in [1.29, 1.82) is 0 Å². The molecular formula is C11H9BrN2O4S3. The van der Waals surface area contributed by atoms with Crippen molar-refractivity contribution in [2.24, 2.45) is 0 Å². The molecule has 0 saturated heterocycles. The van der Waals surface area contributed by atoms with Gasteiger partial charge in [-0.25, -0.2) is 18.2 Å². The fraction of sp³-hybridized carbons (Fsp3) is 0.273. The van der Waals surface area contributed by atoms with Crippen molar-refractivity contribution in [3.63, 3.8) is 0 Å². The number of thiazole rings is 1. The van der Waals surface area contributed by atoms with Gasteiger partial charge < -0.3 is 5.11 Å². The Morgan fingerprint density at radius 2 is 2.14 bits per heavy atom. The van der Waals surface area contributed by atoms with Crippen LogP contribution in [0.5, 0.6) is 0 Å². The number of fused-ring (bicyclic) bond motifs is 1. The number of hydrogen-bond acceptors (Lipinski definition) is 6. The Morgan fingerprint density at radius 1 is 1.38 bits per heavy atom. The zero-order valence-corrected chi connectivity index (χ0v) is 14.5. The molecule has 2 aromatic rings. The van der Waals surface area contributed by atoms with Gasteiger partial charge in [-0.1, -0.05) is 0 Å². The van der Waals surface area contributed by atoms with E-state index in [1.165, 1.54) is 11.3 Å². The molecule has 21 heavy (non-hydrogen) atoms. The summed E-state index contributed by atoms with van der Waals surface area (Å²) in [5.41, 5.74) is 0.952. The van der Waals surface area contributed by atoms with E-state index in [-0.39, 0.29) is 13.6 Å². The second kappa shape index (κ2) is 5.34. The van der Waals surface area contributed by atoms with Crippen LogP contribution in [-0.4, -0.2) is 24.5 Å². The predicted molar refractivity (Wildman–Crippen MR) is 83.9 cm³/mol. The van der Waals surface area contributed by atoms with E-state index in [2.05, 4.69) is 25.6 Å². The van der Waals surface area contributed by atoms with E-state index in [1.54, 1.807) is 0 Å². The molecule has 0 atom stereocenters. The minimum Gasteiger partial charge on any atom is -0.477 e. The van der Waals surface area contributed by atoms with Crippen molar-refractivity contribution in [3.05, 3.63) is 25.3 Å². The topological polar surface area (TPSA) is 96.4 Å². The number of aromatic nitrogens is 1. The summed E-state index contributed by atoms with van der Waals surface area (Å²) in [5.74, 6) is -1.16. The Morgan fingerprint density at radius 3 is 2.76 bits per heavy atom. The number of anilines is 1. The molecule has 0 aromatic carbocycles. The van der Waals surface area contributed by atoms with Gasteiger partial charge in [0.05, 0.1) is 9.48 Å². The van der Waals surface area contributed by atoms with Crippen LogP contribution < -0.4 is 4.72 Å². The van der Waals surface area contributed by atoms with Crippen LogP contribution in [0.25, 0.3) is 0 Å². The van der Waals surface area contributed by atoms with Crippen molar-refractivity contribution in [1.82, 2.24) is 4.98 Å².